The molecular weight excluding hydrogens is 524 g/mol. The highest BCUT2D eigenvalue weighted by molar-refractivity contribution is 6.42. The number of benzene rings is 4. The van der Waals surface area contributed by atoms with E-state index in [4.69, 9.17) is 0 Å². The van der Waals surface area contributed by atoms with Gasteiger partial charge >= 0.3 is 0 Å². The average Bonchev–Trinajstić information content (AvgIpc) is 3.01. The van der Waals surface area contributed by atoms with Crippen molar-refractivity contribution in [1.82, 2.24) is 0 Å². The van der Waals surface area contributed by atoms with Crippen LogP contribution in [0, 0.1) is 0 Å². The van der Waals surface area contributed by atoms with Crippen LogP contribution in [0.25, 0.3) is 10.8 Å². The normalized spacial score (nSPS) is 14.6. The second-order valence-corrected chi connectivity index (χ2v) is 11.2. The van der Waals surface area contributed by atoms with E-state index in [1.807, 2.05) is 48.5 Å². The highest BCUT2D eigenvalue weighted by atomic mass is 16.2. The highest BCUT2D eigenvalue weighted by Gasteiger charge is 2.40. The second kappa shape index (κ2) is 10.7. The third kappa shape index (κ3) is 4.08. The molecule has 4 amide bonds. The molecule has 4 aromatic rings. The average molecular weight is 559 g/mol. The van der Waals surface area contributed by atoms with Crippen LogP contribution < -0.4 is 9.80 Å². The molecule has 42 heavy (non-hydrogen) atoms. The molecule has 0 atom stereocenters. The lowest BCUT2D eigenvalue weighted by atomic mass is 9.85. The fourth-order valence-electron chi connectivity index (χ4n) is 6.65. The van der Waals surface area contributed by atoms with Crippen LogP contribution in [0.15, 0.2) is 72.8 Å². The molecule has 6 heteroatoms. The summed E-state index contributed by atoms with van der Waals surface area (Å²) in [6.45, 7) is 8.59. The number of carbonyl (C=O) groups excluding carboxylic acids is 4. The van der Waals surface area contributed by atoms with E-state index in [0.717, 1.165) is 25.7 Å². The number of rotatable bonds is 8. The van der Waals surface area contributed by atoms with Gasteiger partial charge < -0.3 is 0 Å². The molecule has 0 unspecified atom stereocenters. The minimum absolute atomic E-state index is 0.304. The molecule has 0 saturated heterocycles. The largest absolute Gasteiger partial charge is 0.268 e. The number of hydrogen-bond acceptors (Lipinski definition) is 4. The molecule has 0 N–H and O–H groups in total. The van der Waals surface area contributed by atoms with Gasteiger partial charge in [-0.2, -0.15) is 0 Å². The third-order valence-corrected chi connectivity index (χ3v) is 9.11. The van der Waals surface area contributed by atoms with Crippen molar-refractivity contribution >= 4 is 45.8 Å². The lowest BCUT2D eigenvalue weighted by Crippen LogP contribution is -2.43. The Labute approximate surface area is 245 Å². The molecule has 0 saturated carbocycles. The van der Waals surface area contributed by atoms with E-state index < -0.39 is 23.6 Å². The van der Waals surface area contributed by atoms with Crippen LogP contribution >= 0.6 is 0 Å². The lowest BCUT2D eigenvalue weighted by Gasteiger charge is -2.32. The monoisotopic (exact) mass is 558 g/mol. The Hall–Kier alpha value is -4.58. The fraction of sp³-hybridized carbons (Fsp3) is 0.278. The molecule has 6 nitrogen and oxygen atoms in total. The fourth-order valence-corrected chi connectivity index (χ4v) is 6.65. The number of imide groups is 2. The van der Waals surface area contributed by atoms with Gasteiger partial charge in [0, 0.05) is 33.0 Å². The Bertz CT molecular complexity index is 1550. The van der Waals surface area contributed by atoms with Crippen molar-refractivity contribution in [3.05, 3.63) is 106 Å². The second-order valence-electron chi connectivity index (χ2n) is 11.2. The summed E-state index contributed by atoms with van der Waals surface area (Å²) < 4.78 is 0. The first-order valence-electron chi connectivity index (χ1n) is 14.9. The van der Waals surface area contributed by atoms with Crippen molar-refractivity contribution in [2.75, 3.05) is 9.80 Å². The highest BCUT2D eigenvalue weighted by Crippen LogP contribution is 2.40. The van der Waals surface area contributed by atoms with Gasteiger partial charge in [-0.1, -0.05) is 52.0 Å². The molecule has 2 aliphatic heterocycles. The van der Waals surface area contributed by atoms with Crippen molar-refractivity contribution in [1.29, 1.82) is 0 Å². The van der Waals surface area contributed by atoms with Crippen LogP contribution in [-0.2, 0) is 0 Å². The smallest absolute Gasteiger partial charge is 0.265 e. The summed E-state index contributed by atoms with van der Waals surface area (Å²) >= 11 is 0. The van der Waals surface area contributed by atoms with Crippen LogP contribution in [0.1, 0.15) is 118 Å². The summed E-state index contributed by atoms with van der Waals surface area (Å²) in [4.78, 5) is 57.5. The number of carbonyl (C=O) groups is 4. The van der Waals surface area contributed by atoms with Crippen molar-refractivity contribution in [2.45, 2.75) is 65.2 Å². The first kappa shape index (κ1) is 27.6. The van der Waals surface area contributed by atoms with E-state index in [1.54, 1.807) is 24.3 Å². The van der Waals surface area contributed by atoms with Crippen LogP contribution in [-0.4, -0.2) is 23.6 Å². The van der Waals surface area contributed by atoms with E-state index in [2.05, 4.69) is 27.7 Å². The van der Waals surface area contributed by atoms with E-state index in [0.29, 0.717) is 56.2 Å². The molecular formula is C36H34N2O4. The molecule has 6 rings (SSSR count). The minimum atomic E-state index is -0.467. The van der Waals surface area contributed by atoms with Gasteiger partial charge in [0.05, 0.1) is 11.4 Å². The zero-order valence-corrected chi connectivity index (χ0v) is 24.4. The molecule has 0 fully saturated rings. The summed E-state index contributed by atoms with van der Waals surface area (Å²) in [5.41, 5.74) is 4.55. The maximum atomic E-state index is 13.8. The van der Waals surface area contributed by atoms with Gasteiger partial charge in [0.1, 0.15) is 0 Å². The van der Waals surface area contributed by atoms with Gasteiger partial charge in [-0.25, -0.2) is 9.80 Å². The topological polar surface area (TPSA) is 74.8 Å². The molecule has 212 valence electrons. The summed E-state index contributed by atoms with van der Waals surface area (Å²) in [6, 6.07) is 21.6. The van der Waals surface area contributed by atoms with Gasteiger partial charge in [0.25, 0.3) is 23.6 Å². The predicted molar refractivity (Wildman–Crippen MR) is 166 cm³/mol. The van der Waals surface area contributed by atoms with E-state index in [-0.39, 0.29) is 0 Å². The molecule has 2 aliphatic rings. The molecule has 4 aromatic carbocycles. The van der Waals surface area contributed by atoms with Crippen molar-refractivity contribution < 1.29 is 19.2 Å². The Morgan fingerprint density at radius 1 is 0.429 bits per heavy atom. The van der Waals surface area contributed by atoms with Crippen LogP contribution in [0.5, 0.6) is 0 Å². The third-order valence-electron chi connectivity index (χ3n) is 9.11. The summed E-state index contributed by atoms with van der Waals surface area (Å²) in [5, 5.41) is 0.741. The summed E-state index contributed by atoms with van der Waals surface area (Å²) in [7, 11) is 0. The number of hydrogen-bond donors (Lipinski definition) is 0. The van der Waals surface area contributed by atoms with Crippen molar-refractivity contribution in [3.8, 4) is 0 Å². The molecule has 0 bridgehead atoms. The number of anilines is 2. The summed E-state index contributed by atoms with van der Waals surface area (Å²) in [5.74, 6) is -1.03. The first-order chi connectivity index (χ1) is 20.3. The van der Waals surface area contributed by atoms with Gasteiger partial charge in [0.2, 0.25) is 0 Å². The van der Waals surface area contributed by atoms with Crippen LogP contribution in [0.4, 0.5) is 11.4 Å². The van der Waals surface area contributed by atoms with Gasteiger partial charge in [0.15, 0.2) is 0 Å². The van der Waals surface area contributed by atoms with Crippen molar-refractivity contribution in [2.24, 2.45) is 0 Å². The van der Waals surface area contributed by atoms with Gasteiger partial charge in [-0.15, -0.1) is 0 Å². The van der Waals surface area contributed by atoms with E-state index >= 15 is 0 Å². The minimum Gasteiger partial charge on any atom is -0.268 e. The molecule has 2 heterocycles. The number of amides is 4. The Morgan fingerprint density at radius 3 is 0.929 bits per heavy atom. The zero-order valence-electron chi connectivity index (χ0n) is 24.4. The van der Waals surface area contributed by atoms with Gasteiger partial charge in [-0.3, -0.25) is 19.2 Å². The maximum absolute atomic E-state index is 13.8. The quantitative estimate of drug-likeness (QED) is 0.204. The Kier molecular flexibility index (Phi) is 7.01. The van der Waals surface area contributed by atoms with E-state index in [1.165, 1.54) is 20.9 Å². The van der Waals surface area contributed by atoms with Crippen LogP contribution in [0.3, 0.4) is 0 Å². The summed E-state index contributed by atoms with van der Waals surface area (Å²) in [6.07, 6.45) is 4.04. The standard InChI is InChI=1S/C36H34N2O4/c1-5-21(6-2)23-9-13-25(14-10-23)37-33(39)27-17-19-29-32-30(20-18-28(31(27)32)34(37)40)36(42)38(35(29)41)26-15-11-24(12-16-26)22(7-3)8-4/h9-22H,5-8H2,1-4H3. The maximum Gasteiger partial charge on any atom is 0.265 e. The lowest BCUT2D eigenvalue weighted by molar-refractivity contribution is 0.0873. The SMILES string of the molecule is CCC(CC)c1ccc(N2C(=O)c3ccc4c5c(ccc(c35)C2=O)C(=O)N(c2ccc(C(CC)CC)cc2)C4=O)cc1. The molecule has 0 radical (unpaired) electrons. The Balaban J connectivity index is 1.40. The predicted octanol–water partition coefficient (Wildman–Crippen LogP) is 8.25. The first-order valence-corrected chi connectivity index (χ1v) is 14.9. The van der Waals surface area contributed by atoms with Crippen molar-refractivity contribution in [3.63, 3.8) is 0 Å². The van der Waals surface area contributed by atoms with Crippen LogP contribution in [0.2, 0.25) is 0 Å². The zero-order chi connectivity index (χ0) is 29.7. The molecule has 0 aliphatic carbocycles. The van der Waals surface area contributed by atoms with E-state index in [9.17, 15) is 19.2 Å². The van der Waals surface area contributed by atoms with Gasteiger partial charge in [-0.05, 0) is 97.2 Å². The molecule has 0 aromatic heterocycles. The molecule has 0 spiro atoms. The number of nitrogens with zero attached hydrogens (tertiary/aromatic N) is 2. The Morgan fingerprint density at radius 2 is 0.690 bits per heavy atom.